The Hall–Kier alpha value is -2.83. The highest BCUT2D eigenvalue weighted by molar-refractivity contribution is 9.10. The molecule has 4 rings (SSSR count). The van der Waals surface area contributed by atoms with Crippen molar-refractivity contribution in [3.63, 3.8) is 0 Å². The summed E-state index contributed by atoms with van der Waals surface area (Å²) >= 11 is 4.76. The average Bonchev–Trinajstić information content (AvgIpc) is 3.26. The van der Waals surface area contributed by atoms with E-state index in [1.165, 1.54) is 11.5 Å². The van der Waals surface area contributed by atoms with Crippen LogP contribution in [0.3, 0.4) is 0 Å². The second-order valence-electron chi connectivity index (χ2n) is 7.98. The molecule has 0 radical (unpaired) electrons. The van der Waals surface area contributed by atoms with Gasteiger partial charge < -0.3 is 14.6 Å². The lowest BCUT2D eigenvalue weighted by molar-refractivity contribution is -0.376. The monoisotopic (exact) mass is 605 g/mol. The summed E-state index contributed by atoms with van der Waals surface area (Å²) < 4.78 is 95.4. The first-order chi connectivity index (χ1) is 17.4. The third kappa shape index (κ3) is 5.70. The van der Waals surface area contributed by atoms with E-state index in [1.807, 2.05) is 42.5 Å². The third-order valence-electron chi connectivity index (χ3n) is 5.48. The molecule has 0 saturated carbocycles. The maximum Gasteiger partial charge on any atom is 0.430 e. The van der Waals surface area contributed by atoms with Gasteiger partial charge in [-0.15, -0.1) is 0 Å². The maximum absolute atomic E-state index is 13.0. The van der Waals surface area contributed by atoms with Crippen LogP contribution >= 0.6 is 27.5 Å². The molecule has 37 heavy (non-hydrogen) atoms. The SMILES string of the molecule is OC(c1ccc(OCCCOc2ccc3c(-c4ccc(Br)cc4)nsc3c2)cc1)(C(F)(F)F)C(F)(F)F. The van der Waals surface area contributed by atoms with Crippen molar-refractivity contribution in [3.05, 3.63) is 76.8 Å². The van der Waals surface area contributed by atoms with Crippen molar-refractivity contribution in [1.29, 1.82) is 0 Å². The smallest absolute Gasteiger partial charge is 0.430 e. The molecule has 1 heterocycles. The number of halogens is 7. The first-order valence-electron chi connectivity index (χ1n) is 10.8. The maximum atomic E-state index is 13.0. The van der Waals surface area contributed by atoms with Crippen molar-refractivity contribution in [2.75, 3.05) is 13.2 Å². The Morgan fingerprint density at radius 1 is 0.784 bits per heavy atom. The summed E-state index contributed by atoms with van der Waals surface area (Å²) in [6.07, 6.45) is -11.5. The summed E-state index contributed by atoms with van der Waals surface area (Å²) in [5.41, 5.74) is -4.44. The Labute approximate surface area is 219 Å². The van der Waals surface area contributed by atoms with Crippen LogP contribution in [0.2, 0.25) is 0 Å². The van der Waals surface area contributed by atoms with Crippen molar-refractivity contribution < 1.29 is 40.9 Å². The van der Waals surface area contributed by atoms with Crippen LogP contribution in [0.15, 0.2) is 71.2 Å². The zero-order valence-corrected chi connectivity index (χ0v) is 21.1. The van der Waals surface area contributed by atoms with Crippen LogP contribution in [-0.4, -0.2) is 35.0 Å². The molecule has 1 aromatic heterocycles. The van der Waals surface area contributed by atoms with E-state index in [0.717, 1.165) is 37.9 Å². The van der Waals surface area contributed by atoms with E-state index >= 15 is 0 Å². The fourth-order valence-electron chi connectivity index (χ4n) is 3.54. The summed E-state index contributed by atoms with van der Waals surface area (Å²) in [6.45, 7) is 0.378. The van der Waals surface area contributed by atoms with Crippen LogP contribution in [0.5, 0.6) is 11.5 Å². The van der Waals surface area contributed by atoms with Gasteiger partial charge in [0.1, 0.15) is 11.5 Å². The van der Waals surface area contributed by atoms with Gasteiger partial charge in [0.2, 0.25) is 0 Å². The Balaban J connectivity index is 1.30. The number of hydrogen-bond acceptors (Lipinski definition) is 5. The summed E-state index contributed by atoms with van der Waals surface area (Å²) in [7, 11) is 0. The second kappa shape index (κ2) is 10.5. The van der Waals surface area contributed by atoms with Crippen molar-refractivity contribution in [1.82, 2.24) is 4.37 Å². The highest BCUT2D eigenvalue weighted by Gasteiger charge is 2.71. The number of rotatable bonds is 8. The lowest BCUT2D eigenvalue weighted by atomic mass is 9.92. The molecule has 0 fully saturated rings. The van der Waals surface area contributed by atoms with E-state index in [1.54, 1.807) is 0 Å². The Morgan fingerprint density at radius 3 is 1.95 bits per heavy atom. The molecule has 0 amide bonds. The number of ether oxygens (including phenoxy) is 2. The molecule has 0 atom stereocenters. The molecule has 4 aromatic rings. The number of nitrogens with zero attached hydrogens (tertiary/aromatic N) is 1. The van der Waals surface area contributed by atoms with Crippen LogP contribution < -0.4 is 9.47 Å². The predicted molar refractivity (Wildman–Crippen MR) is 131 cm³/mol. The first kappa shape index (κ1) is 27.2. The lowest BCUT2D eigenvalue weighted by Gasteiger charge is -2.32. The van der Waals surface area contributed by atoms with Crippen LogP contribution in [0.25, 0.3) is 21.3 Å². The van der Waals surface area contributed by atoms with Gasteiger partial charge in [0.25, 0.3) is 5.60 Å². The van der Waals surface area contributed by atoms with Crippen molar-refractivity contribution >= 4 is 37.5 Å². The number of aromatic nitrogens is 1. The van der Waals surface area contributed by atoms with Gasteiger partial charge in [-0.2, -0.15) is 30.7 Å². The second-order valence-corrected chi connectivity index (χ2v) is 9.70. The summed E-state index contributed by atoms with van der Waals surface area (Å²) in [5, 5.41) is 10.4. The molecule has 0 spiro atoms. The normalized spacial score (nSPS) is 12.6. The van der Waals surface area contributed by atoms with Gasteiger partial charge in [0, 0.05) is 27.4 Å². The van der Waals surface area contributed by atoms with E-state index in [0.29, 0.717) is 24.3 Å². The van der Waals surface area contributed by atoms with Gasteiger partial charge in [-0.25, -0.2) is 0 Å². The van der Waals surface area contributed by atoms with Crippen LogP contribution in [-0.2, 0) is 5.60 Å². The predicted octanol–water partition coefficient (Wildman–Crippen LogP) is 7.89. The van der Waals surface area contributed by atoms with E-state index < -0.39 is 23.5 Å². The number of fused-ring (bicyclic) bond motifs is 1. The van der Waals surface area contributed by atoms with Gasteiger partial charge in [0.15, 0.2) is 0 Å². The molecule has 12 heteroatoms. The largest absolute Gasteiger partial charge is 0.493 e. The van der Waals surface area contributed by atoms with Crippen molar-refractivity contribution in [2.45, 2.75) is 24.4 Å². The first-order valence-corrected chi connectivity index (χ1v) is 12.3. The molecule has 196 valence electrons. The topological polar surface area (TPSA) is 51.6 Å². The quantitative estimate of drug-likeness (QED) is 0.164. The fraction of sp³-hybridized carbons (Fsp3) is 0.240. The van der Waals surface area contributed by atoms with Gasteiger partial charge in [-0.1, -0.05) is 40.2 Å². The summed E-state index contributed by atoms with van der Waals surface area (Å²) in [6, 6.07) is 16.4. The molecule has 3 aromatic carbocycles. The van der Waals surface area contributed by atoms with Gasteiger partial charge in [-0.05, 0) is 54.0 Å². The van der Waals surface area contributed by atoms with Gasteiger partial charge >= 0.3 is 12.4 Å². The molecule has 0 aliphatic carbocycles. The Bertz CT molecular complexity index is 1340. The van der Waals surface area contributed by atoms with Crippen LogP contribution in [0, 0.1) is 0 Å². The zero-order chi connectivity index (χ0) is 26.8. The highest BCUT2D eigenvalue weighted by atomic mass is 79.9. The summed E-state index contributed by atoms with van der Waals surface area (Å²) in [4.78, 5) is 0. The molecule has 0 bridgehead atoms. The minimum absolute atomic E-state index is 0.0574. The number of alkyl halides is 6. The number of hydrogen-bond donors (Lipinski definition) is 1. The lowest BCUT2D eigenvalue weighted by Crippen LogP contribution is -2.53. The van der Waals surface area contributed by atoms with E-state index in [2.05, 4.69) is 20.3 Å². The average molecular weight is 606 g/mol. The molecular weight excluding hydrogens is 588 g/mol. The van der Waals surface area contributed by atoms with E-state index in [9.17, 15) is 31.4 Å². The van der Waals surface area contributed by atoms with E-state index in [4.69, 9.17) is 9.47 Å². The van der Waals surface area contributed by atoms with Crippen LogP contribution in [0.4, 0.5) is 26.3 Å². The van der Waals surface area contributed by atoms with Crippen molar-refractivity contribution in [2.24, 2.45) is 0 Å². The minimum atomic E-state index is -5.94. The van der Waals surface area contributed by atoms with Gasteiger partial charge in [0.05, 0.1) is 23.6 Å². The van der Waals surface area contributed by atoms with Crippen LogP contribution in [0.1, 0.15) is 12.0 Å². The molecule has 4 nitrogen and oxygen atoms in total. The molecular formula is C25H18BrF6NO3S. The minimum Gasteiger partial charge on any atom is -0.493 e. The number of benzene rings is 3. The Morgan fingerprint density at radius 2 is 1.35 bits per heavy atom. The standard InChI is InChI=1S/C25H18BrF6NO3S/c26-17-6-2-15(3-7-17)22-20-11-10-19(14-21(20)37-33-22)36-13-1-12-35-18-8-4-16(5-9-18)23(34,24(27,28)29)25(30,31)32/h2-11,14,34H,1,12-13H2. The highest BCUT2D eigenvalue weighted by Crippen LogP contribution is 2.50. The number of aliphatic hydroxyl groups is 1. The van der Waals surface area contributed by atoms with E-state index in [-0.39, 0.29) is 19.0 Å². The molecule has 0 saturated heterocycles. The molecule has 0 aliphatic heterocycles. The molecule has 0 aliphatic rings. The summed E-state index contributed by atoms with van der Waals surface area (Å²) in [5.74, 6) is 0.684. The zero-order valence-electron chi connectivity index (χ0n) is 18.7. The van der Waals surface area contributed by atoms with Gasteiger partial charge in [-0.3, -0.25) is 0 Å². The fourth-order valence-corrected chi connectivity index (χ4v) is 4.63. The van der Waals surface area contributed by atoms with Crippen molar-refractivity contribution in [3.8, 4) is 22.8 Å². The third-order valence-corrected chi connectivity index (χ3v) is 6.82. The molecule has 1 N–H and O–H groups in total. The molecule has 0 unspecified atom stereocenters. The Kier molecular flexibility index (Phi) is 7.72.